The normalized spacial score (nSPS) is 11.3. The summed E-state index contributed by atoms with van der Waals surface area (Å²) >= 11 is 5.86. The number of carbonyl (C=O) groups excluding carboxylic acids is 3. The van der Waals surface area contributed by atoms with Crippen molar-refractivity contribution in [3.05, 3.63) is 64.7 Å². The van der Waals surface area contributed by atoms with Gasteiger partial charge in [0.05, 0.1) is 0 Å². The number of ether oxygens (including phenoxy) is 2. The summed E-state index contributed by atoms with van der Waals surface area (Å²) < 4.78 is 10.7. The molecule has 154 valence electrons. The predicted molar refractivity (Wildman–Crippen MR) is 109 cm³/mol. The molecule has 0 unspecified atom stereocenters. The lowest BCUT2D eigenvalue weighted by atomic mass is 10.2. The van der Waals surface area contributed by atoms with Crippen LogP contribution >= 0.6 is 11.6 Å². The van der Waals surface area contributed by atoms with Crippen LogP contribution in [0.15, 0.2) is 48.5 Å². The third kappa shape index (κ3) is 7.46. The van der Waals surface area contributed by atoms with Gasteiger partial charge in [0, 0.05) is 11.1 Å². The van der Waals surface area contributed by atoms with Gasteiger partial charge >= 0.3 is 12.0 Å². The van der Waals surface area contributed by atoms with Crippen molar-refractivity contribution >= 4 is 29.5 Å². The molecule has 0 radical (unpaired) electrons. The molecule has 0 heterocycles. The van der Waals surface area contributed by atoms with Crippen molar-refractivity contribution < 1.29 is 23.9 Å². The second-order valence-corrected chi connectivity index (χ2v) is 6.75. The summed E-state index contributed by atoms with van der Waals surface area (Å²) in [5.74, 6) is -1.13. The van der Waals surface area contributed by atoms with Crippen molar-refractivity contribution in [3.8, 4) is 5.75 Å². The quantitative estimate of drug-likeness (QED) is 0.637. The van der Waals surface area contributed by atoms with Crippen LogP contribution < -0.4 is 15.4 Å². The summed E-state index contributed by atoms with van der Waals surface area (Å²) in [4.78, 5) is 35.7. The van der Waals surface area contributed by atoms with Gasteiger partial charge in [0.2, 0.25) is 0 Å². The maximum absolute atomic E-state index is 12.3. The zero-order valence-corrected chi connectivity index (χ0v) is 17.0. The predicted octanol–water partition coefficient (Wildman–Crippen LogP) is 3.70. The van der Waals surface area contributed by atoms with Crippen LogP contribution in [0.1, 0.15) is 36.2 Å². The highest BCUT2D eigenvalue weighted by atomic mass is 35.5. The van der Waals surface area contributed by atoms with Gasteiger partial charge < -0.3 is 14.8 Å². The Balaban J connectivity index is 1.89. The van der Waals surface area contributed by atoms with Gasteiger partial charge in [0.25, 0.3) is 5.91 Å². The number of hydrogen-bond donors (Lipinski definition) is 2. The molecule has 0 aliphatic rings. The molecule has 1 atom stereocenters. The van der Waals surface area contributed by atoms with E-state index in [4.69, 9.17) is 21.1 Å². The van der Waals surface area contributed by atoms with Crippen molar-refractivity contribution in [2.24, 2.45) is 0 Å². The van der Waals surface area contributed by atoms with Crippen LogP contribution in [0.5, 0.6) is 5.75 Å². The first kappa shape index (κ1) is 22.2. The Morgan fingerprint density at radius 3 is 2.45 bits per heavy atom. The molecule has 0 saturated carbocycles. The number of esters is 1. The van der Waals surface area contributed by atoms with E-state index in [1.807, 2.05) is 26.0 Å². The molecule has 2 aromatic carbocycles. The van der Waals surface area contributed by atoms with Crippen LogP contribution in [0.2, 0.25) is 5.02 Å². The smallest absolute Gasteiger partial charge is 0.342 e. The molecule has 2 N–H and O–H groups in total. The Hall–Kier alpha value is -3.06. The summed E-state index contributed by atoms with van der Waals surface area (Å²) in [7, 11) is 0. The molecule has 7 nitrogen and oxygen atoms in total. The van der Waals surface area contributed by atoms with E-state index in [1.165, 1.54) is 6.07 Å². The third-order valence-electron chi connectivity index (χ3n) is 3.99. The Morgan fingerprint density at radius 1 is 1.07 bits per heavy atom. The fourth-order valence-electron chi connectivity index (χ4n) is 2.24. The zero-order chi connectivity index (χ0) is 21.2. The van der Waals surface area contributed by atoms with Crippen molar-refractivity contribution in [2.45, 2.75) is 32.9 Å². The number of para-hydroxylation sites is 1. The number of halogens is 1. The van der Waals surface area contributed by atoms with Crippen LogP contribution in [-0.4, -0.2) is 30.6 Å². The van der Waals surface area contributed by atoms with Gasteiger partial charge in [-0.05, 0) is 43.2 Å². The van der Waals surface area contributed by atoms with Gasteiger partial charge in [-0.25, -0.2) is 9.59 Å². The zero-order valence-electron chi connectivity index (χ0n) is 16.2. The van der Waals surface area contributed by atoms with Gasteiger partial charge in [-0.15, -0.1) is 0 Å². The lowest BCUT2D eigenvalue weighted by Gasteiger charge is -2.13. The highest BCUT2D eigenvalue weighted by molar-refractivity contribution is 6.30. The number of nitrogens with one attached hydrogen (secondary N) is 2. The standard InChI is InChI=1S/C21H23ClN2O5/c1-3-14(2)23-21(27)24-19(25)13-29-20(26)17-6-4-5-7-18(17)28-12-15-8-10-16(22)11-9-15/h4-11,14H,3,12-13H2,1-2H3,(H2,23,24,25,27)/t14-/m1/s1. The molecule has 2 rings (SSSR count). The first-order valence-electron chi connectivity index (χ1n) is 9.12. The Bertz CT molecular complexity index is 854. The van der Waals surface area contributed by atoms with Crippen molar-refractivity contribution in [2.75, 3.05) is 6.61 Å². The second kappa shape index (κ2) is 11.1. The largest absolute Gasteiger partial charge is 0.488 e. The van der Waals surface area contributed by atoms with E-state index in [1.54, 1.807) is 30.3 Å². The fraction of sp³-hybridized carbons (Fsp3) is 0.286. The van der Waals surface area contributed by atoms with E-state index in [0.29, 0.717) is 10.8 Å². The first-order chi connectivity index (χ1) is 13.9. The van der Waals surface area contributed by atoms with E-state index in [0.717, 1.165) is 12.0 Å². The van der Waals surface area contributed by atoms with Gasteiger partial charge in [-0.3, -0.25) is 10.1 Å². The van der Waals surface area contributed by atoms with Crippen LogP contribution in [-0.2, 0) is 16.1 Å². The second-order valence-electron chi connectivity index (χ2n) is 6.32. The molecule has 3 amide bonds. The van der Waals surface area contributed by atoms with Crippen LogP contribution in [0.25, 0.3) is 0 Å². The molecule has 29 heavy (non-hydrogen) atoms. The summed E-state index contributed by atoms with van der Waals surface area (Å²) in [5.41, 5.74) is 1.06. The van der Waals surface area contributed by atoms with Gasteiger partial charge in [0.1, 0.15) is 17.9 Å². The number of imide groups is 1. The van der Waals surface area contributed by atoms with Crippen molar-refractivity contribution in [1.82, 2.24) is 10.6 Å². The maximum atomic E-state index is 12.3. The molecule has 0 spiro atoms. The van der Waals surface area contributed by atoms with Crippen LogP contribution in [0.4, 0.5) is 4.79 Å². The molecular weight excluding hydrogens is 396 g/mol. The van der Waals surface area contributed by atoms with Crippen molar-refractivity contribution in [1.29, 1.82) is 0 Å². The number of amides is 3. The average molecular weight is 419 g/mol. The number of benzene rings is 2. The van der Waals surface area contributed by atoms with E-state index in [9.17, 15) is 14.4 Å². The number of urea groups is 1. The molecule has 0 fully saturated rings. The fourth-order valence-corrected chi connectivity index (χ4v) is 2.36. The molecule has 0 bridgehead atoms. The van der Waals surface area contributed by atoms with E-state index >= 15 is 0 Å². The minimum atomic E-state index is -0.728. The Labute approximate surface area is 174 Å². The Morgan fingerprint density at radius 2 is 1.76 bits per heavy atom. The summed E-state index contributed by atoms with van der Waals surface area (Å²) in [5, 5.41) is 5.31. The molecule has 8 heteroatoms. The highest BCUT2D eigenvalue weighted by Crippen LogP contribution is 2.21. The topological polar surface area (TPSA) is 93.7 Å². The highest BCUT2D eigenvalue weighted by Gasteiger charge is 2.17. The molecule has 0 aliphatic heterocycles. The van der Waals surface area contributed by atoms with Crippen molar-refractivity contribution in [3.63, 3.8) is 0 Å². The molecular formula is C21H23ClN2O5. The molecule has 0 aromatic heterocycles. The van der Waals surface area contributed by atoms with Gasteiger partial charge in [-0.1, -0.05) is 42.8 Å². The van der Waals surface area contributed by atoms with Crippen LogP contribution in [0.3, 0.4) is 0 Å². The minimum Gasteiger partial charge on any atom is -0.488 e. The molecule has 0 aliphatic carbocycles. The Kier molecular flexibility index (Phi) is 8.48. The molecule has 0 saturated heterocycles. The molecule has 2 aromatic rings. The summed E-state index contributed by atoms with van der Waals surface area (Å²) in [6, 6.07) is 13.0. The number of rotatable bonds is 8. The number of carbonyl (C=O) groups is 3. The van der Waals surface area contributed by atoms with E-state index in [2.05, 4.69) is 10.6 Å². The average Bonchev–Trinajstić information content (AvgIpc) is 2.71. The SMILES string of the molecule is CC[C@@H](C)NC(=O)NC(=O)COC(=O)c1ccccc1OCc1ccc(Cl)cc1. The lowest BCUT2D eigenvalue weighted by molar-refractivity contribution is -0.123. The van der Waals surface area contributed by atoms with Gasteiger partial charge in [-0.2, -0.15) is 0 Å². The summed E-state index contributed by atoms with van der Waals surface area (Å²) in [6.07, 6.45) is 0.726. The first-order valence-corrected chi connectivity index (χ1v) is 9.50. The summed E-state index contributed by atoms with van der Waals surface area (Å²) in [6.45, 7) is 3.36. The van der Waals surface area contributed by atoms with E-state index in [-0.39, 0.29) is 18.2 Å². The van der Waals surface area contributed by atoms with Gasteiger partial charge in [0.15, 0.2) is 6.61 Å². The third-order valence-corrected chi connectivity index (χ3v) is 4.24. The van der Waals surface area contributed by atoms with E-state index < -0.39 is 24.5 Å². The number of hydrogen-bond acceptors (Lipinski definition) is 5. The minimum absolute atomic E-state index is 0.0741. The van der Waals surface area contributed by atoms with Crippen LogP contribution in [0, 0.1) is 0 Å². The lowest BCUT2D eigenvalue weighted by Crippen LogP contribution is -2.44. The maximum Gasteiger partial charge on any atom is 0.342 e. The monoisotopic (exact) mass is 418 g/mol.